The highest BCUT2D eigenvalue weighted by Crippen LogP contribution is 2.43. The van der Waals surface area contributed by atoms with Crippen molar-refractivity contribution in [2.75, 3.05) is 26.8 Å². The molecule has 2 aliphatic rings. The van der Waals surface area contributed by atoms with Crippen LogP contribution in [0.3, 0.4) is 0 Å². The van der Waals surface area contributed by atoms with E-state index in [0.717, 1.165) is 25.6 Å². The molecule has 1 heterocycles. The fourth-order valence-corrected chi connectivity index (χ4v) is 3.77. The monoisotopic (exact) mass is 288 g/mol. The highest BCUT2D eigenvalue weighted by molar-refractivity contribution is 5.22. The number of hydrogen-bond acceptors (Lipinski definition) is 3. The van der Waals surface area contributed by atoms with Crippen LogP contribution < -0.4 is 5.32 Å². The van der Waals surface area contributed by atoms with Crippen molar-refractivity contribution in [3.63, 3.8) is 0 Å². The number of ether oxygens (including phenoxy) is 1. The first kappa shape index (κ1) is 15.0. The van der Waals surface area contributed by atoms with Crippen molar-refractivity contribution in [3.8, 4) is 0 Å². The van der Waals surface area contributed by atoms with Crippen LogP contribution in [0.25, 0.3) is 0 Å². The van der Waals surface area contributed by atoms with Gasteiger partial charge < -0.3 is 10.1 Å². The summed E-state index contributed by atoms with van der Waals surface area (Å²) in [4.78, 5) is 2.65. The fraction of sp³-hybridized carbons (Fsp3) is 0.667. The molecule has 0 spiro atoms. The van der Waals surface area contributed by atoms with Gasteiger partial charge in [-0.25, -0.2) is 0 Å². The molecule has 1 saturated carbocycles. The van der Waals surface area contributed by atoms with Gasteiger partial charge in [-0.3, -0.25) is 4.90 Å². The Hall–Kier alpha value is -0.900. The summed E-state index contributed by atoms with van der Waals surface area (Å²) in [6.45, 7) is 7.63. The third-order valence-corrected chi connectivity index (χ3v) is 5.25. The average molecular weight is 288 g/mol. The molecule has 0 bridgehead atoms. The van der Waals surface area contributed by atoms with Crippen LogP contribution in [0.1, 0.15) is 38.3 Å². The molecule has 1 saturated heterocycles. The molecule has 116 valence electrons. The van der Waals surface area contributed by atoms with Gasteiger partial charge in [-0.15, -0.1) is 0 Å². The number of nitrogens with zero attached hydrogens (tertiary/aromatic N) is 1. The number of methoxy groups -OCH3 is 1. The number of nitrogens with one attached hydrogen (secondary N) is 1. The van der Waals surface area contributed by atoms with Crippen LogP contribution in [0.4, 0.5) is 0 Å². The summed E-state index contributed by atoms with van der Waals surface area (Å²) in [5.74, 6) is 0.853. The SMILES string of the molecule is COCC(C)N1CC(C)(C2CC2)NCC1c1ccccc1. The standard InChI is InChI=1S/C18H28N2O/c1-14(12-21-3)20-13-18(2,16-9-10-16)19-11-17(20)15-7-5-4-6-8-15/h4-8,14,16-17,19H,9-13H2,1-3H3. The maximum atomic E-state index is 5.42. The molecule has 1 aliphatic carbocycles. The summed E-state index contributed by atoms with van der Waals surface area (Å²) >= 11 is 0. The Kier molecular flexibility index (Phi) is 4.34. The molecule has 3 nitrogen and oxygen atoms in total. The molecule has 21 heavy (non-hydrogen) atoms. The first-order chi connectivity index (χ1) is 10.1. The van der Waals surface area contributed by atoms with Crippen molar-refractivity contribution in [1.29, 1.82) is 0 Å². The Labute approximate surface area is 128 Å². The molecule has 3 atom stereocenters. The van der Waals surface area contributed by atoms with Crippen molar-refractivity contribution >= 4 is 0 Å². The van der Waals surface area contributed by atoms with Crippen LogP contribution >= 0.6 is 0 Å². The van der Waals surface area contributed by atoms with E-state index in [4.69, 9.17) is 4.74 Å². The largest absolute Gasteiger partial charge is 0.383 e. The summed E-state index contributed by atoms with van der Waals surface area (Å²) in [7, 11) is 1.80. The van der Waals surface area contributed by atoms with E-state index in [1.807, 2.05) is 0 Å². The molecule has 1 N–H and O–H groups in total. The maximum absolute atomic E-state index is 5.42. The lowest BCUT2D eigenvalue weighted by Gasteiger charge is -2.49. The van der Waals surface area contributed by atoms with Crippen molar-refractivity contribution in [2.45, 2.75) is 44.3 Å². The molecule has 1 aromatic rings. The molecule has 2 fully saturated rings. The predicted octanol–water partition coefficient (Wildman–Crippen LogP) is 2.84. The third-order valence-electron chi connectivity index (χ3n) is 5.25. The van der Waals surface area contributed by atoms with Gasteiger partial charge in [0.2, 0.25) is 0 Å². The molecule has 1 aromatic carbocycles. The van der Waals surface area contributed by atoms with Gasteiger partial charge in [0.05, 0.1) is 6.61 Å². The normalized spacial score (nSPS) is 32.0. The van der Waals surface area contributed by atoms with Gasteiger partial charge in [0.25, 0.3) is 0 Å². The molecular weight excluding hydrogens is 260 g/mol. The Morgan fingerprint density at radius 1 is 1.33 bits per heavy atom. The summed E-state index contributed by atoms with van der Waals surface area (Å²) in [6, 6.07) is 11.8. The number of rotatable bonds is 5. The van der Waals surface area contributed by atoms with Gasteiger partial charge in [0.1, 0.15) is 0 Å². The molecule has 0 radical (unpaired) electrons. The third kappa shape index (κ3) is 3.15. The highest BCUT2D eigenvalue weighted by atomic mass is 16.5. The van der Waals surface area contributed by atoms with E-state index < -0.39 is 0 Å². The van der Waals surface area contributed by atoms with Crippen LogP contribution in [0.15, 0.2) is 30.3 Å². The van der Waals surface area contributed by atoms with Gasteiger partial charge >= 0.3 is 0 Å². The average Bonchev–Trinajstić information content (AvgIpc) is 3.33. The topological polar surface area (TPSA) is 24.5 Å². The van der Waals surface area contributed by atoms with E-state index in [9.17, 15) is 0 Å². The van der Waals surface area contributed by atoms with Gasteiger partial charge in [0.15, 0.2) is 0 Å². The number of piperazine rings is 1. The van der Waals surface area contributed by atoms with Crippen molar-refractivity contribution < 1.29 is 4.74 Å². The first-order valence-electron chi connectivity index (χ1n) is 8.19. The number of benzene rings is 1. The molecule has 1 aliphatic heterocycles. The molecule has 0 aromatic heterocycles. The second kappa shape index (κ2) is 6.07. The van der Waals surface area contributed by atoms with Crippen molar-refractivity contribution in [2.24, 2.45) is 5.92 Å². The van der Waals surface area contributed by atoms with Crippen molar-refractivity contribution in [3.05, 3.63) is 35.9 Å². The lowest BCUT2D eigenvalue weighted by molar-refractivity contribution is 0.0121. The van der Waals surface area contributed by atoms with E-state index in [-0.39, 0.29) is 5.54 Å². The fourth-order valence-electron chi connectivity index (χ4n) is 3.77. The van der Waals surface area contributed by atoms with E-state index in [0.29, 0.717) is 12.1 Å². The maximum Gasteiger partial charge on any atom is 0.0615 e. The minimum atomic E-state index is 0.271. The molecule has 3 heteroatoms. The van der Waals surface area contributed by atoms with E-state index in [1.54, 1.807) is 7.11 Å². The number of hydrogen-bond donors (Lipinski definition) is 1. The predicted molar refractivity (Wildman–Crippen MR) is 86.4 cm³/mol. The molecule has 3 unspecified atom stereocenters. The molecule has 0 amide bonds. The van der Waals surface area contributed by atoms with Crippen LogP contribution in [-0.4, -0.2) is 43.3 Å². The van der Waals surface area contributed by atoms with E-state index >= 15 is 0 Å². The minimum absolute atomic E-state index is 0.271. The highest BCUT2D eigenvalue weighted by Gasteiger charge is 2.47. The second-order valence-corrected chi connectivity index (χ2v) is 6.98. The van der Waals surface area contributed by atoms with Gasteiger partial charge in [0, 0.05) is 37.8 Å². The zero-order valence-corrected chi connectivity index (χ0v) is 13.5. The van der Waals surface area contributed by atoms with Crippen LogP contribution in [0, 0.1) is 5.92 Å². The van der Waals surface area contributed by atoms with Crippen LogP contribution in [0.5, 0.6) is 0 Å². The summed E-state index contributed by atoms with van der Waals surface area (Å²) < 4.78 is 5.42. The first-order valence-corrected chi connectivity index (χ1v) is 8.19. The zero-order valence-electron chi connectivity index (χ0n) is 13.5. The lowest BCUT2D eigenvalue weighted by atomic mass is 9.88. The minimum Gasteiger partial charge on any atom is -0.383 e. The van der Waals surface area contributed by atoms with Gasteiger partial charge in [-0.1, -0.05) is 30.3 Å². The molecule has 3 rings (SSSR count). The zero-order chi connectivity index (χ0) is 14.9. The van der Waals surface area contributed by atoms with Gasteiger partial charge in [-0.05, 0) is 38.2 Å². The Morgan fingerprint density at radius 2 is 2.05 bits per heavy atom. The van der Waals surface area contributed by atoms with Gasteiger partial charge in [-0.2, -0.15) is 0 Å². The van der Waals surface area contributed by atoms with E-state index in [1.165, 1.54) is 18.4 Å². The van der Waals surface area contributed by atoms with Crippen LogP contribution in [-0.2, 0) is 4.74 Å². The lowest BCUT2D eigenvalue weighted by Crippen LogP contribution is -2.63. The molecular formula is C18H28N2O. The van der Waals surface area contributed by atoms with Crippen molar-refractivity contribution in [1.82, 2.24) is 10.2 Å². The Balaban J connectivity index is 1.81. The Morgan fingerprint density at radius 3 is 2.67 bits per heavy atom. The second-order valence-electron chi connectivity index (χ2n) is 6.98. The Bertz CT molecular complexity index is 460. The summed E-state index contributed by atoms with van der Waals surface area (Å²) in [5.41, 5.74) is 1.68. The smallest absolute Gasteiger partial charge is 0.0615 e. The van der Waals surface area contributed by atoms with E-state index in [2.05, 4.69) is 54.4 Å². The summed E-state index contributed by atoms with van der Waals surface area (Å²) in [5, 5.41) is 3.85. The van der Waals surface area contributed by atoms with Crippen LogP contribution in [0.2, 0.25) is 0 Å². The summed E-state index contributed by atoms with van der Waals surface area (Å²) in [6.07, 6.45) is 2.76. The quantitative estimate of drug-likeness (QED) is 0.901.